The second-order valence-corrected chi connectivity index (χ2v) is 3.35. The van der Waals surface area contributed by atoms with Crippen molar-refractivity contribution in [3.05, 3.63) is 41.0 Å². The van der Waals surface area contributed by atoms with Gasteiger partial charge in [-0.3, -0.25) is 0 Å². The van der Waals surface area contributed by atoms with E-state index in [0.717, 1.165) is 11.1 Å². The zero-order valence-corrected chi connectivity index (χ0v) is 8.60. The standard InChI is InChI=1S/C12H14O3/c1-9(12(14)15)8-11-4-2-10(3-5-11)6-7-13/h2-5,8,13H,6-7H2,1H3,(H,14,15)/b9-8+. The van der Waals surface area contributed by atoms with Crippen LogP contribution in [0.2, 0.25) is 0 Å². The van der Waals surface area contributed by atoms with Gasteiger partial charge in [0, 0.05) is 12.2 Å². The quantitative estimate of drug-likeness (QED) is 0.737. The van der Waals surface area contributed by atoms with Gasteiger partial charge in [-0.15, -0.1) is 0 Å². The van der Waals surface area contributed by atoms with Crippen LogP contribution >= 0.6 is 0 Å². The van der Waals surface area contributed by atoms with Crippen molar-refractivity contribution in [2.24, 2.45) is 0 Å². The molecule has 80 valence electrons. The van der Waals surface area contributed by atoms with Crippen LogP contribution in [-0.4, -0.2) is 22.8 Å². The number of hydrogen-bond acceptors (Lipinski definition) is 2. The van der Waals surface area contributed by atoms with E-state index in [1.54, 1.807) is 13.0 Å². The van der Waals surface area contributed by atoms with Gasteiger partial charge in [0.2, 0.25) is 0 Å². The molecule has 0 amide bonds. The van der Waals surface area contributed by atoms with Crippen LogP contribution in [0, 0.1) is 0 Å². The van der Waals surface area contributed by atoms with Crippen LogP contribution in [0.1, 0.15) is 18.1 Å². The van der Waals surface area contributed by atoms with Gasteiger partial charge in [0.05, 0.1) is 0 Å². The molecule has 0 aliphatic carbocycles. The Morgan fingerprint density at radius 3 is 2.40 bits per heavy atom. The second-order valence-electron chi connectivity index (χ2n) is 3.35. The first-order valence-corrected chi connectivity index (χ1v) is 4.75. The molecule has 3 heteroatoms. The smallest absolute Gasteiger partial charge is 0.331 e. The van der Waals surface area contributed by atoms with Gasteiger partial charge in [0.15, 0.2) is 0 Å². The summed E-state index contributed by atoms with van der Waals surface area (Å²) in [5, 5.41) is 17.4. The van der Waals surface area contributed by atoms with E-state index in [-0.39, 0.29) is 6.61 Å². The van der Waals surface area contributed by atoms with Crippen LogP contribution in [0.4, 0.5) is 0 Å². The van der Waals surface area contributed by atoms with E-state index in [0.29, 0.717) is 12.0 Å². The number of carboxylic acids is 1. The van der Waals surface area contributed by atoms with Crippen molar-refractivity contribution >= 4 is 12.0 Å². The van der Waals surface area contributed by atoms with Gasteiger partial charge in [0.25, 0.3) is 0 Å². The van der Waals surface area contributed by atoms with Crippen LogP contribution in [0.5, 0.6) is 0 Å². The lowest BCUT2D eigenvalue weighted by Crippen LogP contribution is -1.95. The van der Waals surface area contributed by atoms with E-state index < -0.39 is 5.97 Å². The molecule has 0 atom stereocenters. The molecule has 1 aromatic rings. The maximum atomic E-state index is 10.6. The number of rotatable bonds is 4. The molecule has 0 fully saturated rings. The first kappa shape index (κ1) is 11.5. The average Bonchev–Trinajstić information content (AvgIpc) is 2.21. The third-order valence-corrected chi connectivity index (χ3v) is 2.10. The zero-order valence-electron chi connectivity index (χ0n) is 8.60. The van der Waals surface area contributed by atoms with E-state index >= 15 is 0 Å². The summed E-state index contributed by atoms with van der Waals surface area (Å²) in [6.07, 6.45) is 2.24. The van der Waals surface area contributed by atoms with Crippen LogP contribution in [0.3, 0.4) is 0 Å². The number of carboxylic acid groups (broad SMARTS) is 1. The molecule has 0 spiro atoms. The minimum absolute atomic E-state index is 0.128. The number of aliphatic hydroxyl groups is 1. The number of hydrogen-bond donors (Lipinski definition) is 2. The lowest BCUT2D eigenvalue weighted by atomic mass is 10.1. The van der Waals surface area contributed by atoms with Gasteiger partial charge in [-0.1, -0.05) is 24.3 Å². The van der Waals surface area contributed by atoms with Gasteiger partial charge in [0.1, 0.15) is 0 Å². The summed E-state index contributed by atoms with van der Waals surface area (Å²) in [6, 6.07) is 7.46. The number of aliphatic hydroxyl groups excluding tert-OH is 1. The van der Waals surface area contributed by atoms with Crippen LogP contribution in [0.15, 0.2) is 29.8 Å². The fourth-order valence-corrected chi connectivity index (χ4v) is 1.22. The maximum Gasteiger partial charge on any atom is 0.331 e. The number of benzene rings is 1. The summed E-state index contributed by atoms with van der Waals surface area (Å²) in [4.78, 5) is 10.6. The van der Waals surface area contributed by atoms with E-state index in [9.17, 15) is 4.79 Å². The molecular formula is C12H14O3. The Bertz CT molecular complexity index is 363. The summed E-state index contributed by atoms with van der Waals surface area (Å²) in [5.74, 6) is -0.908. The number of carbonyl (C=O) groups is 1. The van der Waals surface area contributed by atoms with Crippen molar-refractivity contribution in [1.82, 2.24) is 0 Å². The highest BCUT2D eigenvalue weighted by Gasteiger charge is 1.99. The molecule has 0 bridgehead atoms. The Kier molecular flexibility index (Phi) is 4.06. The van der Waals surface area contributed by atoms with E-state index in [1.165, 1.54) is 0 Å². The molecule has 0 saturated carbocycles. The van der Waals surface area contributed by atoms with Crippen LogP contribution in [-0.2, 0) is 11.2 Å². The molecule has 2 N–H and O–H groups in total. The SMILES string of the molecule is C/C(=C\c1ccc(CCO)cc1)C(=O)O. The highest BCUT2D eigenvalue weighted by Crippen LogP contribution is 2.09. The minimum atomic E-state index is -0.908. The lowest BCUT2D eigenvalue weighted by Gasteiger charge is -1.99. The van der Waals surface area contributed by atoms with Crippen molar-refractivity contribution in [1.29, 1.82) is 0 Å². The highest BCUT2D eigenvalue weighted by atomic mass is 16.4. The van der Waals surface area contributed by atoms with Crippen molar-refractivity contribution in [3.63, 3.8) is 0 Å². The normalized spacial score (nSPS) is 11.5. The predicted molar refractivity (Wildman–Crippen MR) is 58.5 cm³/mol. The summed E-state index contributed by atoms with van der Waals surface area (Å²) < 4.78 is 0. The van der Waals surface area contributed by atoms with Crippen LogP contribution < -0.4 is 0 Å². The zero-order chi connectivity index (χ0) is 11.3. The lowest BCUT2D eigenvalue weighted by molar-refractivity contribution is -0.132. The predicted octanol–water partition coefficient (Wildman–Crippen LogP) is 1.71. The molecular weight excluding hydrogens is 192 g/mol. The molecule has 0 radical (unpaired) electrons. The monoisotopic (exact) mass is 206 g/mol. The topological polar surface area (TPSA) is 57.5 Å². The Labute approximate surface area is 88.7 Å². The Morgan fingerprint density at radius 1 is 1.33 bits per heavy atom. The molecule has 15 heavy (non-hydrogen) atoms. The molecule has 0 aliphatic heterocycles. The molecule has 1 rings (SSSR count). The van der Waals surface area contributed by atoms with E-state index in [2.05, 4.69) is 0 Å². The fourth-order valence-electron chi connectivity index (χ4n) is 1.22. The average molecular weight is 206 g/mol. The van der Waals surface area contributed by atoms with Crippen molar-refractivity contribution in [3.8, 4) is 0 Å². The summed E-state index contributed by atoms with van der Waals surface area (Å²) >= 11 is 0. The molecule has 0 saturated heterocycles. The molecule has 0 aromatic heterocycles. The van der Waals surface area contributed by atoms with Gasteiger partial charge < -0.3 is 10.2 Å². The van der Waals surface area contributed by atoms with Crippen LogP contribution in [0.25, 0.3) is 6.08 Å². The third kappa shape index (κ3) is 3.56. The summed E-state index contributed by atoms with van der Waals surface area (Å²) in [6.45, 7) is 1.69. The molecule has 0 heterocycles. The summed E-state index contributed by atoms with van der Waals surface area (Å²) in [7, 11) is 0. The van der Waals surface area contributed by atoms with Crippen molar-refractivity contribution in [2.75, 3.05) is 6.61 Å². The van der Waals surface area contributed by atoms with E-state index in [4.69, 9.17) is 10.2 Å². The molecule has 0 aliphatic rings. The largest absolute Gasteiger partial charge is 0.478 e. The van der Waals surface area contributed by atoms with Gasteiger partial charge in [-0.05, 0) is 30.5 Å². The molecule has 3 nitrogen and oxygen atoms in total. The first-order chi connectivity index (χ1) is 7.13. The number of aliphatic carboxylic acids is 1. The van der Waals surface area contributed by atoms with Crippen molar-refractivity contribution in [2.45, 2.75) is 13.3 Å². The molecule has 1 aromatic carbocycles. The van der Waals surface area contributed by atoms with E-state index in [1.807, 2.05) is 24.3 Å². The Hall–Kier alpha value is -1.61. The highest BCUT2D eigenvalue weighted by molar-refractivity contribution is 5.91. The Morgan fingerprint density at radius 2 is 1.93 bits per heavy atom. The molecule has 0 unspecified atom stereocenters. The first-order valence-electron chi connectivity index (χ1n) is 4.75. The van der Waals surface area contributed by atoms with Gasteiger partial charge in [-0.25, -0.2) is 4.79 Å². The second kappa shape index (κ2) is 5.32. The third-order valence-electron chi connectivity index (χ3n) is 2.10. The van der Waals surface area contributed by atoms with Crippen molar-refractivity contribution < 1.29 is 15.0 Å². The summed E-state index contributed by atoms with van der Waals surface area (Å²) in [5.41, 5.74) is 2.21. The Balaban J connectivity index is 2.80. The van der Waals surface area contributed by atoms with Gasteiger partial charge in [-0.2, -0.15) is 0 Å². The fraction of sp³-hybridized carbons (Fsp3) is 0.250. The van der Waals surface area contributed by atoms with Gasteiger partial charge >= 0.3 is 5.97 Å². The minimum Gasteiger partial charge on any atom is -0.478 e. The maximum absolute atomic E-state index is 10.6.